The number of nitrogens with zero attached hydrogens (tertiary/aromatic N) is 1. The van der Waals surface area contributed by atoms with Crippen LogP contribution in [0.1, 0.15) is 33.6 Å². The second-order valence-electron chi connectivity index (χ2n) is 6.29. The number of thiocarbonyl (C=S) groups is 1. The van der Waals surface area contributed by atoms with Crippen molar-refractivity contribution in [1.82, 2.24) is 10.2 Å². The van der Waals surface area contributed by atoms with Gasteiger partial charge in [-0.15, -0.1) is 0 Å². The Morgan fingerprint density at radius 1 is 1.44 bits per heavy atom. The normalized spacial score (nSPS) is 20.4. The highest BCUT2D eigenvalue weighted by Gasteiger charge is 2.34. The molecule has 5 heteroatoms. The first kappa shape index (κ1) is 15.4. The molecule has 0 saturated carbocycles. The molecule has 0 aromatic rings. The van der Waals surface area contributed by atoms with Crippen LogP contribution in [-0.4, -0.2) is 42.5 Å². The maximum atomic E-state index is 12.1. The van der Waals surface area contributed by atoms with Crippen molar-refractivity contribution < 1.29 is 4.79 Å². The van der Waals surface area contributed by atoms with Crippen LogP contribution in [-0.2, 0) is 4.79 Å². The molecule has 0 spiro atoms. The van der Waals surface area contributed by atoms with Gasteiger partial charge in [-0.1, -0.05) is 19.1 Å². The van der Waals surface area contributed by atoms with E-state index in [-0.39, 0.29) is 16.3 Å². The van der Waals surface area contributed by atoms with Gasteiger partial charge in [0.25, 0.3) is 0 Å². The highest BCUT2D eigenvalue weighted by Crippen LogP contribution is 2.29. The van der Waals surface area contributed by atoms with Crippen LogP contribution in [0.4, 0.5) is 0 Å². The zero-order chi connectivity index (χ0) is 14.0. The number of carbonyl (C=O) groups excluding carboxylic acids is 1. The molecular weight excluding hydrogens is 246 g/mol. The van der Waals surface area contributed by atoms with Gasteiger partial charge in [0.05, 0.1) is 10.4 Å². The Kier molecular flexibility index (Phi) is 4.72. The van der Waals surface area contributed by atoms with Gasteiger partial charge in [0, 0.05) is 6.54 Å². The van der Waals surface area contributed by atoms with Gasteiger partial charge < -0.3 is 16.0 Å². The molecule has 1 rings (SSSR count). The average Bonchev–Trinajstić information content (AvgIpc) is 2.30. The molecule has 1 aliphatic heterocycles. The summed E-state index contributed by atoms with van der Waals surface area (Å²) in [7, 11) is 2.13. The molecule has 18 heavy (non-hydrogen) atoms. The molecule has 0 aromatic heterocycles. The number of nitrogens with two attached hydrogens (primary N) is 1. The first-order valence-corrected chi connectivity index (χ1v) is 6.85. The number of rotatable bonds is 4. The summed E-state index contributed by atoms with van der Waals surface area (Å²) in [5, 5.41) is 3.00. The van der Waals surface area contributed by atoms with Crippen LogP contribution < -0.4 is 11.1 Å². The molecule has 0 bridgehead atoms. The maximum Gasteiger partial charge on any atom is 0.232 e. The number of nitrogens with one attached hydrogen (secondary N) is 1. The van der Waals surface area contributed by atoms with Gasteiger partial charge in [-0.2, -0.15) is 0 Å². The summed E-state index contributed by atoms with van der Waals surface area (Å²) in [5.41, 5.74) is 5.02. The van der Waals surface area contributed by atoms with E-state index in [1.165, 1.54) is 0 Å². The van der Waals surface area contributed by atoms with E-state index in [2.05, 4.69) is 24.2 Å². The Morgan fingerprint density at radius 3 is 2.39 bits per heavy atom. The molecule has 1 amide bonds. The molecule has 1 fully saturated rings. The molecule has 0 atom stereocenters. The number of carbonyl (C=O) groups is 1. The Hall–Kier alpha value is -0.680. The minimum Gasteiger partial charge on any atom is -0.392 e. The SMILES string of the molecule is CN1CCC(C)(CNC(=O)C(C)(C)C(N)=S)CC1. The minimum atomic E-state index is -0.767. The third-order valence-electron chi connectivity index (χ3n) is 4.05. The Bertz CT molecular complexity index is 333. The average molecular weight is 271 g/mol. The van der Waals surface area contributed by atoms with Crippen molar-refractivity contribution in [1.29, 1.82) is 0 Å². The van der Waals surface area contributed by atoms with Gasteiger partial charge in [0.1, 0.15) is 0 Å². The fraction of sp³-hybridized carbons (Fsp3) is 0.846. The Labute approximate surface area is 115 Å². The molecule has 104 valence electrons. The number of likely N-dealkylation sites (tertiary alicyclic amines) is 1. The summed E-state index contributed by atoms with van der Waals surface area (Å²) in [6, 6.07) is 0. The predicted octanol–water partition coefficient (Wildman–Crippen LogP) is 1.15. The quantitative estimate of drug-likeness (QED) is 0.753. The summed E-state index contributed by atoms with van der Waals surface area (Å²) < 4.78 is 0. The first-order valence-electron chi connectivity index (χ1n) is 6.44. The molecule has 0 aromatic carbocycles. The lowest BCUT2D eigenvalue weighted by Gasteiger charge is -2.38. The van der Waals surface area contributed by atoms with E-state index in [4.69, 9.17) is 18.0 Å². The van der Waals surface area contributed by atoms with Crippen LogP contribution in [0, 0.1) is 10.8 Å². The van der Waals surface area contributed by atoms with E-state index in [1.807, 2.05) is 0 Å². The lowest BCUT2D eigenvalue weighted by atomic mass is 9.80. The summed E-state index contributed by atoms with van der Waals surface area (Å²) in [4.78, 5) is 14.6. The summed E-state index contributed by atoms with van der Waals surface area (Å²) >= 11 is 4.93. The third kappa shape index (κ3) is 3.65. The Morgan fingerprint density at radius 2 is 1.94 bits per heavy atom. The van der Waals surface area contributed by atoms with Gasteiger partial charge in [-0.3, -0.25) is 4.79 Å². The number of hydrogen-bond donors (Lipinski definition) is 2. The highest BCUT2D eigenvalue weighted by atomic mass is 32.1. The lowest BCUT2D eigenvalue weighted by molar-refractivity contribution is -0.126. The van der Waals surface area contributed by atoms with E-state index >= 15 is 0 Å². The van der Waals surface area contributed by atoms with Crippen molar-refractivity contribution in [2.24, 2.45) is 16.6 Å². The number of hydrogen-bond acceptors (Lipinski definition) is 3. The fourth-order valence-corrected chi connectivity index (χ4v) is 2.05. The highest BCUT2D eigenvalue weighted by molar-refractivity contribution is 7.80. The van der Waals surface area contributed by atoms with Gasteiger partial charge in [0.2, 0.25) is 5.91 Å². The van der Waals surface area contributed by atoms with Crippen molar-refractivity contribution in [3.63, 3.8) is 0 Å². The maximum absolute atomic E-state index is 12.1. The van der Waals surface area contributed by atoms with Crippen molar-refractivity contribution in [2.75, 3.05) is 26.7 Å². The summed E-state index contributed by atoms with van der Waals surface area (Å²) in [6.45, 7) is 8.64. The summed E-state index contributed by atoms with van der Waals surface area (Å²) in [5.74, 6) is -0.0739. The van der Waals surface area contributed by atoms with E-state index in [0.717, 1.165) is 25.9 Å². The Balaban J connectivity index is 2.50. The lowest BCUT2D eigenvalue weighted by Crippen LogP contribution is -2.49. The molecule has 0 aliphatic carbocycles. The zero-order valence-electron chi connectivity index (χ0n) is 11.9. The third-order valence-corrected chi connectivity index (χ3v) is 4.56. The van der Waals surface area contributed by atoms with Gasteiger partial charge in [-0.05, 0) is 52.2 Å². The van der Waals surface area contributed by atoms with Crippen LogP contribution in [0.25, 0.3) is 0 Å². The zero-order valence-corrected chi connectivity index (χ0v) is 12.7. The first-order chi connectivity index (χ1) is 8.17. The molecule has 0 unspecified atom stereocenters. The van der Waals surface area contributed by atoms with Crippen LogP contribution in [0.3, 0.4) is 0 Å². The van der Waals surface area contributed by atoms with Gasteiger partial charge >= 0.3 is 0 Å². The minimum absolute atomic E-state index is 0.0739. The largest absolute Gasteiger partial charge is 0.392 e. The van der Waals surface area contributed by atoms with Crippen molar-refractivity contribution >= 4 is 23.1 Å². The van der Waals surface area contributed by atoms with Crippen LogP contribution in [0.2, 0.25) is 0 Å². The molecule has 3 N–H and O–H groups in total. The van der Waals surface area contributed by atoms with Crippen LogP contribution in [0.5, 0.6) is 0 Å². The van der Waals surface area contributed by atoms with Crippen molar-refractivity contribution in [2.45, 2.75) is 33.6 Å². The van der Waals surface area contributed by atoms with Crippen molar-refractivity contribution in [3.8, 4) is 0 Å². The molecule has 1 saturated heterocycles. The molecule has 1 aliphatic rings. The topological polar surface area (TPSA) is 58.4 Å². The molecule has 4 nitrogen and oxygen atoms in total. The molecule has 0 radical (unpaired) electrons. The number of piperidine rings is 1. The molecular formula is C13H25N3OS. The van der Waals surface area contributed by atoms with Gasteiger partial charge in [-0.25, -0.2) is 0 Å². The van der Waals surface area contributed by atoms with Crippen LogP contribution in [0.15, 0.2) is 0 Å². The fourth-order valence-electron chi connectivity index (χ4n) is 1.96. The van der Waals surface area contributed by atoms with E-state index < -0.39 is 5.41 Å². The van der Waals surface area contributed by atoms with Crippen molar-refractivity contribution in [3.05, 3.63) is 0 Å². The van der Waals surface area contributed by atoms with Crippen LogP contribution >= 0.6 is 12.2 Å². The second-order valence-corrected chi connectivity index (χ2v) is 6.73. The standard InChI is InChI=1S/C13H25N3OS/c1-12(2,10(14)18)11(17)15-9-13(3)5-7-16(4)8-6-13/h5-9H2,1-4H3,(H2,14,18)(H,15,17). The summed E-state index contributed by atoms with van der Waals surface area (Å²) in [6.07, 6.45) is 2.22. The van der Waals surface area contributed by atoms with E-state index in [1.54, 1.807) is 13.8 Å². The van der Waals surface area contributed by atoms with E-state index in [9.17, 15) is 4.79 Å². The van der Waals surface area contributed by atoms with Gasteiger partial charge in [0.15, 0.2) is 0 Å². The molecule has 1 heterocycles. The smallest absolute Gasteiger partial charge is 0.232 e. The predicted molar refractivity (Wildman–Crippen MR) is 78.4 cm³/mol. The monoisotopic (exact) mass is 271 g/mol. The van der Waals surface area contributed by atoms with E-state index in [0.29, 0.717) is 6.54 Å². The number of amides is 1. The second kappa shape index (κ2) is 5.53.